The monoisotopic (exact) mass is 228 g/mol. The average molecular weight is 228 g/mol. The van der Waals surface area contributed by atoms with Gasteiger partial charge in [-0.05, 0) is 40.5 Å². The van der Waals surface area contributed by atoms with E-state index in [9.17, 15) is 4.79 Å². The lowest BCUT2D eigenvalue weighted by Gasteiger charge is -2.30. The highest BCUT2D eigenvalue weighted by Gasteiger charge is 2.35. The normalized spacial score (nSPS) is 18.6. The van der Waals surface area contributed by atoms with Crippen molar-refractivity contribution in [3.63, 3.8) is 0 Å². The van der Waals surface area contributed by atoms with Crippen LogP contribution in [0.1, 0.15) is 40.5 Å². The maximum atomic E-state index is 12.0. The summed E-state index contributed by atoms with van der Waals surface area (Å²) in [5, 5.41) is 12.0. The van der Waals surface area contributed by atoms with Crippen LogP contribution in [0, 0.1) is 0 Å². The van der Waals surface area contributed by atoms with Gasteiger partial charge in [0.25, 0.3) is 0 Å². The zero-order valence-corrected chi connectivity index (χ0v) is 10.8. The molecule has 1 unspecified atom stereocenters. The van der Waals surface area contributed by atoms with Crippen molar-refractivity contribution in [2.24, 2.45) is 0 Å². The van der Waals surface area contributed by atoms with Gasteiger partial charge in [0, 0.05) is 18.1 Å². The van der Waals surface area contributed by atoms with Crippen LogP contribution < -0.4 is 5.32 Å². The van der Waals surface area contributed by atoms with E-state index in [1.54, 1.807) is 0 Å². The Balaban J connectivity index is 2.52. The van der Waals surface area contributed by atoms with Crippen molar-refractivity contribution in [1.82, 2.24) is 10.2 Å². The van der Waals surface area contributed by atoms with E-state index >= 15 is 0 Å². The third kappa shape index (κ3) is 4.10. The molecule has 94 valence electrons. The third-order valence-electron chi connectivity index (χ3n) is 2.75. The minimum Gasteiger partial charge on any atom is -0.395 e. The molecule has 0 aromatic carbocycles. The summed E-state index contributed by atoms with van der Waals surface area (Å²) in [6.45, 7) is 8.55. The van der Waals surface area contributed by atoms with E-state index in [4.69, 9.17) is 5.11 Å². The van der Waals surface area contributed by atoms with Crippen LogP contribution in [0.4, 0.5) is 0 Å². The Morgan fingerprint density at radius 1 is 1.50 bits per heavy atom. The molecule has 2 N–H and O–H groups in total. The molecule has 0 aliphatic heterocycles. The smallest absolute Gasteiger partial charge is 0.237 e. The molecular formula is C12H24N2O2. The molecule has 1 amide bonds. The van der Waals surface area contributed by atoms with E-state index in [1.807, 2.05) is 27.7 Å². The summed E-state index contributed by atoms with van der Waals surface area (Å²) in [6, 6.07) is 0.340. The summed E-state index contributed by atoms with van der Waals surface area (Å²) < 4.78 is 0. The predicted octanol–water partition coefficient (Wildman–Crippen LogP) is 0.746. The molecule has 0 saturated heterocycles. The first-order chi connectivity index (χ1) is 7.35. The molecule has 1 aliphatic carbocycles. The fourth-order valence-electron chi connectivity index (χ4n) is 1.84. The Bertz CT molecular complexity index is 244. The van der Waals surface area contributed by atoms with Gasteiger partial charge in [0.1, 0.15) is 0 Å². The zero-order valence-electron chi connectivity index (χ0n) is 10.8. The van der Waals surface area contributed by atoms with Gasteiger partial charge in [0.15, 0.2) is 0 Å². The minimum absolute atomic E-state index is 0.0489. The lowest BCUT2D eigenvalue weighted by Crippen LogP contribution is -2.52. The summed E-state index contributed by atoms with van der Waals surface area (Å²) in [5.74, 6) is 0.0489. The molecule has 1 rings (SSSR count). The van der Waals surface area contributed by atoms with Gasteiger partial charge in [-0.25, -0.2) is 0 Å². The Labute approximate surface area is 98.0 Å². The lowest BCUT2D eigenvalue weighted by molar-refractivity contribution is -0.127. The Hall–Kier alpha value is -0.610. The maximum absolute atomic E-state index is 12.0. The van der Waals surface area contributed by atoms with Gasteiger partial charge in [0.05, 0.1) is 12.6 Å². The number of carbonyl (C=O) groups is 1. The molecule has 1 atom stereocenters. The van der Waals surface area contributed by atoms with Crippen LogP contribution in [0.15, 0.2) is 0 Å². The summed E-state index contributed by atoms with van der Waals surface area (Å²) in [7, 11) is 0. The molecule has 0 aromatic rings. The lowest BCUT2D eigenvalue weighted by atomic mass is 10.1. The van der Waals surface area contributed by atoms with Crippen LogP contribution in [-0.4, -0.2) is 46.7 Å². The van der Waals surface area contributed by atoms with Crippen molar-refractivity contribution in [2.45, 2.75) is 58.2 Å². The summed E-state index contributed by atoms with van der Waals surface area (Å²) >= 11 is 0. The molecular weight excluding hydrogens is 204 g/mol. The average Bonchev–Trinajstić information content (AvgIpc) is 2.93. The summed E-state index contributed by atoms with van der Waals surface area (Å²) in [4.78, 5) is 14.1. The zero-order chi connectivity index (χ0) is 12.3. The van der Waals surface area contributed by atoms with Gasteiger partial charge in [-0.1, -0.05) is 0 Å². The van der Waals surface area contributed by atoms with Crippen LogP contribution in [0.2, 0.25) is 0 Å². The number of amides is 1. The standard InChI is InChI=1S/C12H24N2O2/c1-9(11(16)13-12(2,3)4)14(7-8-15)10-5-6-10/h9-10,15H,5-8H2,1-4H3,(H,13,16). The molecule has 0 aromatic heterocycles. The molecule has 4 nitrogen and oxygen atoms in total. The largest absolute Gasteiger partial charge is 0.395 e. The second-order valence-corrected chi connectivity index (χ2v) is 5.61. The van der Waals surface area contributed by atoms with Gasteiger partial charge in [-0.15, -0.1) is 0 Å². The number of nitrogens with zero attached hydrogens (tertiary/aromatic N) is 1. The van der Waals surface area contributed by atoms with Gasteiger partial charge >= 0.3 is 0 Å². The Kier molecular flexibility index (Phi) is 4.33. The number of hydrogen-bond donors (Lipinski definition) is 2. The minimum atomic E-state index is -0.195. The SMILES string of the molecule is CC(C(=O)NC(C)(C)C)N(CCO)C1CC1. The van der Waals surface area contributed by atoms with Crippen molar-refractivity contribution in [3.8, 4) is 0 Å². The van der Waals surface area contributed by atoms with Crippen molar-refractivity contribution >= 4 is 5.91 Å². The summed E-state index contributed by atoms with van der Waals surface area (Å²) in [5.41, 5.74) is -0.195. The first kappa shape index (κ1) is 13.5. The quantitative estimate of drug-likeness (QED) is 0.730. The first-order valence-corrected chi connectivity index (χ1v) is 6.04. The van der Waals surface area contributed by atoms with Gasteiger partial charge in [-0.2, -0.15) is 0 Å². The van der Waals surface area contributed by atoms with Crippen molar-refractivity contribution in [2.75, 3.05) is 13.2 Å². The highest BCUT2D eigenvalue weighted by atomic mass is 16.3. The van der Waals surface area contributed by atoms with E-state index < -0.39 is 0 Å². The molecule has 0 bridgehead atoms. The number of aliphatic hydroxyl groups is 1. The first-order valence-electron chi connectivity index (χ1n) is 6.04. The molecule has 0 radical (unpaired) electrons. The molecule has 0 spiro atoms. The Morgan fingerprint density at radius 3 is 2.44 bits per heavy atom. The molecule has 4 heteroatoms. The maximum Gasteiger partial charge on any atom is 0.237 e. The molecule has 1 saturated carbocycles. The van der Waals surface area contributed by atoms with E-state index in [-0.39, 0.29) is 24.1 Å². The van der Waals surface area contributed by atoms with Crippen LogP contribution in [0.25, 0.3) is 0 Å². The second kappa shape index (κ2) is 5.15. The van der Waals surface area contributed by atoms with Crippen molar-refractivity contribution in [1.29, 1.82) is 0 Å². The highest BCUT2D eigenvalue weighted by molar-refractivity contribution is 5.82. The van der Waals surface area contributed by atoms with E-state index in [0.717, 1.165) is 12.8 Å². The second-order valence-electron chi connectivity index (χ2n) is 5.61. The van der Waals surface area contributed by atoms with Gasteiger partial charge in [-0.3, -0.25) is 9.69 Å². The topological polar surface area (TPSA) is 52.6 Å². The molecule has 0 heterocycles. The predicted molar refractivity (Wildman–Crippen MR) is 64.2 cm³/mol. The third-order valence-corrected chi connectivity index (χ3v) is 2.75. The number of rotatable bonds is 5. The molecule has 16 heavy (non-hydrogen) atoms. The number of hydrogen-bond acceptors (Lipinski definition) is 3. The van der Waals surface area contributed by atoms with Crippen molar-refractivity contribution in [3.05, 3.63) is 0 Å². The van der Waals surface area contributed by atoms with E-state index in [2.05, 4.69) is 10.2 Å². The number of carbonyl (C=O) groups excluding carboxylic acids is 1. The Morgan fingerprint density at radius 2 is 2.06 bits per heavy atom. The van der Waals surface area contributed by atoms with Crippen LogP contribution >= 0.6 is 0 Å². The summed E-state index contributed by atoms with van der Waals surface area (Å²) in [6.07, 6.45) is 2.29. The number of aliphatic hydroxyl groups excluding tert-OH is 1. The molecule has 1 fully saturated rings. The van der Waals surface area contributed by atoms with Crippen LogP contribution in [0.3, 0.4) is 0 Å². The van der Waals surface area contributed by atoms with Gasteiger partial charge in [0.2, 0.25) is 5.91 Å². The fourth-order valence-corrected chi connectivity index (χ4v) is 1.84. The number of nitrogens with one attached hydrogen (secondary N) is 1. The van der Waals surface area contributed by atoms with E-state index in [1.165, 1.54) is 0 Å². The van der Waals surface area contributed by atoms with E-state index in [0.29, 0.717) is 12.6 Å². The fraction of sp³-hybridized carbons (Fsp3) is 0.917. The van der Waals surface area contributed by atoms with Crippen LogP contribution in [-0.2, 0) is 4.79 Å². The highest BCUT2D eigenvalue weighted by Crippen LogP contribution is 2.28. The van der Waals surface area contributed by atoms with Crippen LogP contribution in [0.5, 0.6) is 0 Å². The van der Waals surface area contributed by atoms with Crippen molar-refractivity contribution < 1.29 is 9.90 Å². The van der Waals surface area contributed by atoms with Gasteiger partial charge < -0.3 is 10.4 Å². The molecule has 1 aliphatic rings.